The van der Waals surface area contributed by atoms with Gasteiger partial charge in [0, 0.05) is 13.0 Å². The lowest BCUT2D eigenvalue weighted by molar-refractivity contribution is -0.142. The van der Waals surface area contributed by atoms with Crippen molar-refractivity contribution < 1.29 is 29.4 Å². The number of aliphatic carboxylic acids is 1. The summed E-state index contributed by atoms with van der Waals surface area (Å²) in [6, 6.07) is -1.82. The molecule has 1 rings (SSSR count). The molecule has 3 atom stereocenters. The van der Waals surface area contributed by atoms with Crippen LogP contribution in [0.2, 0.25) is 0 Å². The number of hydrogen-bond acceptors (Lipinski definition) is 6. The van der Waals surface area contributed by atoms with Gasteiger partial charge in [-0.1, -0.05) is 0 Å². The summed E-state index contributed by atoms with van der Waals surface area (Å²) in [5.74, 6) is -3.10. The fourth-order valence-corrected chi connectivity index (χ4v) is 2.00. The Morgan fingerprint density at radius 3 is 2.50 bits per heavy atom. The molecular formula is C12H20N4O6. The van der Waals surface area contributed by atoms with Crippen molar-refractivity contribution in [2.75, 3.05) is 13.1 Å². The summed E-state index contributed by atoms with van der Waals surface area (Å²) in [7, 11) is 0. The normalized spacial score (nSPS) is 21.9. The Morgan fingerprint density at radius 2 is 2.00 bits per heavy atom. The quantitative estimate of drug-likeness (QED) is 0.272. The van der Waals surface area contributed by atoms with Crippen molar-refractivity contribution in [3.63, 3.8) is 0 Å². The minimum Gasteiger partial charge on any atom is -0.480 e. The second-order valence-electron chi connectivity index (χ2n) is 5.03. The first-order valence-electron chi connectivity index (χ1n) is 6.79. The van der Waals surface area contributed by atoms with Gasteiger partial charge in [-0.25, -0.2) is 4.79 Å². The topological polar surface area (TPSA) is 171 Å². The van der Waals surface area contributed by atoms with E-state index in [1.807, 2.05) is 0 Å². The van der Waals surface area contributed by atoms with E-state index < -0.39 is 48.4 Å². The van der Waals surface area contributed by atoms with Crippen LogP contribution in [0.5, 0.6) is 0 Å². The third-order valence-corrected chi connectivity index (χ3v) is 3.16. The average Bonchev–Trinajstić information content (AvgIpc) is 2.86. The van der Waals surface area contributed by atoms with Crippen LogP contribution in [0.25, 0.3) is 0 Å². The molecule has 0 aromatic heterocycles. The van der Waals surface area contributed by atoms with Crippen molar-refractivity contribution in [2.24, 2.45) is 5.73 Å². The Hall–Kier alpha value is -2.20. The maximum atomic E-state index is 11.7. The van der Waals surface area contributed by atoms with Crippen molar-refractivity contribution in [1.82, 2.24) is 16.0 Å². The number of aliphatic hydroxyl groups is 1. The van der Waals surface area contributed by atoms with Crippen molar-refractivity contribution in [3.05, 3.63) is 0 Å². The van der Waals surface area contributed by atoms with Crippen LogP contribution in [-0.4, -0.2) is 65.2 Å². The van der Waals surface area contributed by atoms with Crippen molar-refractivity contribution in [1.29, 1.82) is 0 Å². The smallest absolute Gasteiger partial charge is 0.326 e. The molecule has 1 heterocycles. The van der Waals surface area contributed by atoms with Gasteiger partial charge in [0.05, 0.1) is 18.7 Å². The highest BCUT2D eigenvalue weighted by atomic mass is 16.4. The highest BCUT2D eigenvalue weighted by molar-refractivity contribution is 5.89. The molecule has 1 aliphatic heterocycles. The molecule has 0 aromatic rings. The van der Waals surface area contributed by atoms with E-state index in [1.54, 1.807) is 0 Å². The average molecular weight is 316 g/mol. The lowest BCUT2D eigenvalue weighted by Gasteiger charge is -2.15. The molecule has 3 amide bonds. The summed E-state index contributed by atoms with van der Waals surface area (Å²) in [6.45, 7) is -0.0913. The van der Waals surface area contributed by atoms with Gasteiger partial charge < -0.3 is 31.9 Å². The van der Waals surface area contributed by atoms with Gasteiger partial charge in [0.15, 0.2) is 0 Å². The molecule has 7 N–H and O–H groups in total. The van der Waals surface area contributed by atoms with Crippen molar-refractivity contribution >= 4 is 23.7 Å². The number of aliphatic hydroxyl groups excluding tert-OH is 1. The Balaban J connectivity index is 2.35. The maximum Gasteiger partial charge on any atom is 0.326 e. The third kappa shape index (κ3) is 6.06. The van der Waals surface area contributed by atoms with Gasteiger partial charge >= 0.3 is 5.97 Å². The molecule has 1 fully saturated rings. The van der Waals surface area contributed by atoms with Gasteiger partial charge in [-0.2, -0.15) is 0 Å². The van der Waals surface area contributed by atoms with E-state index in [0.717, 1.165) is 0 Å². The van der Waals surface area contributed by atoms with Gasteiger partial charge in [-0.15, -0.1) is 0 Å². The number of carbonyl (C=O) groups excluding carboxylic acids is 3. The first-order valence-corrected chi connectivity index (χ1v) is 6.79. The number of amides is 3. The van der Waals surface area contributed by atoms with E-state index >= 15 is 0 Å². The number of nitrogens with one attached hydrogen (secondary N) is 3. The van der Waals surface area contributed by atoms with Crippen molar-refractivity contribution in [3.8, 4) is 0 Å². The van der Waals surface area contributed by atoms with E-state index in [-0.39, 0.29) is 19.3 Å². The molecule has 1 saturated heterocycles. The Labute approximate surface area is 126 Å². The summed E-state index contributed by atoms with van der Waals surface area (Å²) in [5, 5.41) is 25.5. The molecule has 0 aromatic carbocycles. The highest BCUT2D eigenvalue weighted by Gasteiger charge is 2.28. The zero-order valence-electron chi connectivity index (χ0n) is 11.9. The maximum absolute atomic E-state index is 11.7. The summed E-state index contributed by atoms with van der Waals surface area (Å²) >= 11 is 0. The van der Waals surface area contributed by atoms with Gasteiger partial charge in [0.25, 0.3) is 0 Å². The lowest BCUT2D eigenvalue weighted by atomic mass is 10.1. The van der Waals surface area contributed by atoms with Crippen LogP contribution < -0.4 is 21.7 Å². The fraction of sp³-hybridized carbons (Fsp3) is 0.667. The van der Waals surface area contributed by atoms with Crippen LogP contribution >= 0.6 is 0 Å². The Bertz CT molecular complexity index is 455. The third-order valence-electron chi connectivity index (χ3n) is 3.16. The lowest BCUT2D eigenvalue weighted by Crippen LogP contribution is -2.48. The van der Waals surface area contributed by atoms with E-state index in [2.05, 4.69) is 16.0 Å². The standard InChI is InChI=1S/C12H20N4O6/c13-9(18)2-1-7(12(21)22)16-10(19)5-15-11(20)8-3-6(17)4-14-8/h6-8,14,17H,1-5H2,(H2,13,18)(H,15,20)(H,16,19)(H,21,22)/t6-,7+,8+/m1/s1. The minimum atomic E-state index is -1.29. The number of primary amides is 1. The van der Waals surface area contributed by atoms with Crippen LogP contribution in [0.1, 0.15) is 19.3 Å². The van der Waals surface area contributed by atoms with Crippen LogP contribution in [0, 0.1) is 0 Å². The number of nitrogens with two attached hydrogens (primary N) is 1. The number of hydrogen-bond donors (Lipinski definition) is 6. The van der Waals surface area contributed by atoms with Gasteiger partial charge in [-0.3, -0.25) is 14.4 Å². The SMILES string of the molecule is NC(=O)CC[C@H](NC(=O)CNC(=O)[C@@H]1C[C@@H](O)CN1)C(=O)O. The summed E-state index contributed by atoms with van der Waals surface area (Å²) in [6.07, 6.45) is -0.646. The van der Waals surface area contributed by atoms with Gasteiger partial charge in [-0.05, 0) is 12.8 Å². The molecule has 0 saturated carbocycles. The second kappa shape index (κ2) is 8.29. The predicted molar refractivity (Wildman–Crippen MR) is 73.4 cm³/mol. The molecule has 10 heteroatoms. The molecule has 0 aliphatic carbocycles. The molecule has 0 bridgehead atoms. The monoisotopic (exact) mass is 316 g/mol. The minimum absolute atomic E-state index is 0.124. The zero-order valence-corrected chi connectivity index (χ0v) is 11.9. The number of carbonyl (C=O) groups is 4. The fourth-order valence-electron chi connectivity index (χ4n) is 2.00. The van der Waals surface area contributed by atoms with Crippen LogP contribution in [-0.2, 0) is 19.2 Å². The van der Waals surface area contributed by atoms with E-state index in [0.29, 0.717) is 6.54 Å². The zero-order chi connectivity index (χ0) is 16.7. The van der Waals surface area contributed by atoms with Crippen LogP contribution in [0.4, 0.5) is 0 Å². The number of rotatable bonds is 8. The molecule has 124 valence electrons. The van der Waals surface area contributed by atoms with Gasteiger partial charge in [0.1, 0.15) is 6.04 Å². The second-order valence-corrected chi connectivity index (χ2v) is 5.03. The van der Waals surface area contributed by atoms with Crippen LogP contribution in [0.15, 0.2) is 0 Å². The molecule has 10 nitrogen and oxygen atoms in total. The Morgan fingerprint density at radius 1 is 1.32 bits per heavy atom. The number of carboxylic acids is 1. The van der Waals surface area contributed by atoms with Crippen molar-refractivity contribution in [2.45, 2.75) is 37.5 Å². The molecule has 1 aliphatic rings. The van der Waals surface area contributed by atoms with E-state index in [4.69, 9.17) is 10.8 Å². The molecule has 0 spiro atoms. The number of β-amino-alcohol motifs (C(OH)–C–C–N with tert-alkyl or cyclic N) is 1. The molecule has 0 unspecified atom stereocenters. The molecule has 22 heavy (non-hydrogen) atoms. The molecule has 0 radical (unpaired) electrons. The summed E-state index contributed by atoms with van der Waals surface area (Å²) < 4.78 is 0. The Kier molecular flexibility index (Phi) is 6.73. The highest BCUT2D eigenvalue weighted by Crippen LogP contribution is 2.05. The van der Waals surface area contributed by atoms with Crippen LogP contribution in [0.3, 0.4) is 0 Å². The largest absolute Gasteiger partial charge is 0.480 e. The predicted octanol–water partition coefficient (Wildman–Crippen LogP) is -3.34. The first-order chi connectivity index (χ1) is 10.3. The van der Waals surface area contributed by atoms with Gasteiger partial charge in [0.2, 0.25) is 17.7 Å². The summed E-state index contributed by atoms with van der Waals surface area (Å²) in [4.78, 5) is 44.9. The summed E-state index contributed by atoms with van der Waals surface area (Å²) in [5.41, 5.74) is 4.92. The van der Waals surface area contributed by atoms with E-state index in [1.165, 1.54) is 0 Å². The molecular weight excluding hydrogens is 296 g/mol. The number of carboxylic acid groups (broad SMARTS) is 1. The first kappa shape index (κ1) is 17.9. The van der Waals surface area contributed by atoms with E-state index in [9.17, 15) is 24.3 Å².